The van der Waals surface area contributed by atoms with Gasteiger partial charge in [-0.25, -0.2) is 0 Å². The number of alkyl halides is 1. The van der Waals surface area contributed by atoms with Crippen molar-refractivity contribution in [2.75, 3.05) is 11.9 Å². The smallest absolute Gasteiger partial charge is 0.306 e. The van der Waals surface area contributed by atoms with Crippen molar-refractivity contribution in [2.45, 2.75) is 137 Å². The molecule has 0 saturated heterocycles. The van der Waals surface area contributed by atoms with E-state index in [0.29, 0.717) is 18.9 Å². The Balaban J connectivity index is 4.25. The third-order valence-corrected chi connectivity index (χ3v) is 6.56. The number of carbonyl (C=O) groups is 1. The molecule has 0 radical (unpaired) electrons. The van der Waals surface area contributed by atoms with Crippen molar-refractivity contribution in [3.8, 4) is 0 Å². The number of rotatable bonds is 21. The normalized spacial score (nSPS) is 11.9. The first-order valence-electron chi connectivity index (χ1n) is 12.7. The summed E-state index contributed by atoms with van der Waals surface area (Å²) >= 11 is 3.49. The second kappa shape index (κ2) is 19.9. The molecule has 0 rings (SSSR count). The second-order valence-corrected chi connectivity index (χ2v) is 10.6. The van der Waals surface area contributed by atoms with Gasteiger partial charge in [0.25, 0.3) is 0 Å². The maximum absolute atomic E-state index is 12.5. The van der Waals surface area contributed by atoms with Gasteiger partial charge in [-0.15, -0.1) is 0 Å². The van der Waals surface area contributed by atoms with Gasteiger partial charge < -0.3 is 4.74 Å². The van der Waals surface area contributed by atoms with Crippen LogP contribution in [0.3, 0.4) is 0 Å². The van der Waals surface area contributed by atoms with Crippen molar-refractivity contribution >= 4 is 21.9 Å². The van der Waals surface area contributed by atoms with Crippen LogP contribution in [0.5, 0.6) is 0 Å². The Kier molecular flexibility index (Phi) is 19.9. The van der Waals surface area contributed by atoms with Crippen molar-refractivity contribution in [3.63, 3.8) is 0 Å². The SMILES string of the molecule is CCCCCCCC(CCCCCCC)CC(=O)OCC(C)(C)CCCCCBr. The van der Waals surface area contributed by atoms with E-state index in [1.807, 2.05) is 0 Å². The van der Waals surface area contributed by atoms with Gasteiger partial charge in [0.1, 0.15) is 0 Å². The molecule has 174 valence electrons. The summed E-state index contributed by atoms with van der Waals surface area (Å²) in [6.45, 7) is 9.55. The fraction of sp³-hybridized carbons (Fsp3) is 0.962. The summed E-state index contributed by atoms with van der Waals surface area (Å²) < 4.78 is 5.74. The van der Waals surface area contributed by atoms with Crippen LogP contribution in [0.1, 0.15) is 137 Å². The molecule has 0 aromatic rings. The fourth-order valence-electron chi connectivity index (χ4n) is 3.94. The number of esters is 1. The molecule has 3 heteroatoms. The molecule has 0 atom stereocenters. The van der Waals surface area contributed by atoms with Crippen LogP contribution in [-0.2, 0) is 9.53 Å². The summed E-state index contributed by atoms with van der Waals surface area (Å²) in [7, 11) is 0. The van der Waals surface area contributed by atoms with Crippen LogP contribution in [-0.4, -0.2) is 17.9 Å². The zero-order chi connectivity index (χ0) is 21.8. The Morgan fingerprint density at radius 1 is 0.793 bits per heavy atom. The molecule has 0 bridgehead atoms. The van der Waals surface area contributed by atoms with E-state index in [9.17, 15) is 4.79 Å². The minimum absolute atomic E-state index is 0.0330. The summed E-state index contributed by atoms with van der Waals surface area (Å²) in [5.74, 6) is 0.554. The summed E-state index contributed by atoms with van der Waals surface area (Å²) in [6.07, 6.45) is 21.0. The van der Waals surface area contributed by atoms with E-state index in [0.717, 1.165) is 11.8 Å². The summed E-state index contributed by atoms with van der Waals surface area (Å²) in [4.78, 5) is 12.5. The first-order chi connectivity index (χ1) is 13.9. The molecule has 29 heavy (non-hydrogen) atoms. The summed E-state index contributed by atoms with van der Waals surface area (Å²) in [5, 5.41) is 1.08. The summed E-state index contributed by atoms with van der Waals surface area (Å²) in [6, 6.07) is 0. The van der Waals surface area contributed by atoms with Crippen molar-refractivity contribution in [3.05, 3.63) is 0 Å². The molecule has 0 unspecified atom stereocenters. The molecule has 0 amide bonds. The Labute approximate surface area is 191 Å². The highest BCUT2D eigenvalue weighted by Crippen LogP contribution is 2.26. The molecule has 0 aromatic heterocycles. The van der Waals surface area contributed by atoms with Crippen LogP contribution in [0.15, 0.2) is 0 Å². The van der Waals surface area contributed by atoms with Crippen LogP contribution in [0.25, 0.3) is 0 Å². The molecule has 0 saturated carbocycles. The first-order valence-corrected chi connectivity index (χ1v) is 13.8. The molecular formula is C26H51BrO2. The minimum atomic E-state index is 0.0330. The maximum atomic E-state index is 12.5. The van der Waals surface area contributed by atoms with Gasteiger partial charge in [0.2, 0.25) is 0 Å². The third kappa shape index (κ3) is 19.6. The van der Waals surface area contributed by atoms with E-state index in [2.05, 4.69) is 43.6 Å². The number of hydrogen-bond donors (Lipinski definition) is 0. The first kappa shape index (κ1) is 28.9. The van der Waals surface area contributed by atoms with Crippen LogP contribution < -0.4 is 0 Å². The van der Waals surface area contributed by atoms with E-state index in [1.165, 1.54) is 96.3 Å². The van der Waals surface area contributed by atoms with Gasteiger partial charge in [-0.3, -0.25) is 4.79 Å². The van der Waals surface area contributed by atoms with Crippen LogP contribution in [0.2, 0.25) is 0 Å². The minimum Gasteiger partial charge on any atom is -0.465 e. The third-order valence-electron chi connectivity index (χ3n) is 6.00. The Morgan fingerprint density at radius 2 is 1.31 bits per heavy atom. The molecule has 0 aliphatic rings. The fourth-order valence-corrected chi connectivity index (χ4v) is 4.34. The molecule has 0 aliphatic carbocycles. The van der Waals surface area contributed by atoms with Crippen LogP contribution in [0.4, 0.5) is 0 Å². The Morgan fingerprint density at radius 3 is 1.83 bits per heavy atom. The number of ether oxygens (including phenoxy) is 1. The molecule has 0 aromatic carbocycles. The zero-order valence-electron chi connectivity index (χ0n) is 20.2. The Hall–Kier alpha value is -0.0500. The molecule has 0 fully saturated rings. The molecule has 0 spiro atoms. The topological polar surface area (TPSA) is 26.3 Å². The highest BCUT2D eigenvalue weighted by atomic mass is 79.9. The lowest BCUT2D eigenvalue weighted by Crippen LogP contribution is -2.23. The average molecular weight is 476 g/mol. The quantitative estimate of drug-likeness (QED) is 0.0939. The Bertz CT molecular complexity index is 354. The maximum Gasteiger partial charge on any atom is 0.306 e. The van der Waals surface area contributed by atoms with Gasteiger partial charge in [-0.05, 0) is 37.0 Å². The van der Waals surface area contributed by atoms with Crippen molar-refractivity contribution < 1.29 is 9.53 Å². The van der Waals surface area contributed by atoms with Gasteiger partial charge in [0.05, 0.1) is 6.61 Å². The largest absolute Gasteiger partial charge is 0.465 e. The molecule has 0 aliphatic heterocycles. The van der Waals surface area contributed by atoms with E-state index >= 15 is 0 Å². The lowest BCUT2D eigenvalue weighted by atomic mass is 9.88. The highest BCUT2D eigenvalue weighted by molar-refractivity contribution is 9.09. The van der Waals surface area contributed by atoms with Crippen LogP contribution in [0, 0.1) is 11.3 Å². The molecule has 0 heterocycles. The van der Waals surface area contributed by atoms with Crippen molar-refractivity contribution in [2.24, 2.45) is 11.3 Å². The van der Waals surface area contributed by atoms with Crippen LogP contribution >= 0.6 is 15.9 Å². The van der Waals surface area contributed by atoms with Gasteiger partial charge in [-0.1, -0.05) is 121 Å². The van der Waals surface area contributed by atoms with E-state index in [-0.39, 0.29) is 11.4 Å². The standard InChI is InChI=1S/C26H51BrO2/c1-5-7-9-11-14-18-24(19-15-12-10-8-6-2)22-25(28)29-23-26(3,4)20-16-13-17-21-27/h24H,5-23H2,1-4H3. The number of carbonyl (C=O) groups excluding carboxylic acids is 1. The van der Waals surface area contributed by atoms with E-state index in [1.54, 1.807) is 0 Å². The van der Waals surface area contributed by atoms with E-state index < -0.39 is 0 Å². The second-order valence-electron chi connectivity index (χ2n) is 9.80. The van der Waals surface area contributed by atoms with Gasteiger partial charge in [0, 0.05) is 11.8 Å². The van der Waals surface area contributed by atoms with Crippen molar-refractivity contribution in [1.82, 2.24) is 0 Å². The van der Waals surface area contributed by atoms with E-state index in [4.69, 9.17) is 4.74 Å². The van der Waals surface area contributed by atoms with Gasteiger partial charge in [-0.2, -0.15) is 0 Å². The molecular weight excluding hydrogens is 424 g/mol. The molecule has 0 N–H and O–H groups in total. The van der Waals surface area contributed by atoms with Gasteiger partial charge >= 0.3 is 5.97 Å². The monoisotopic (exact) mass is 474 g/mol. The zero-order valence-corrected chi connectivity index (χ0v) is 21.8. The summed E-state index contributed by atoms with van der Waals surface area (Å²) in [5.41, 5.74) is 0.0950. The van der Waals surface area contributed by atoms with Gasteiger partial charge in [0.15, 0.2) is 0 Å². The average Bonchev–Trinajstić information content (AvgIpc) is 2.69. The molecule has 2 nitrogen and oxygen atoms in total. The van der Waals surface area contributed by atoms with Crippen molar-refractivity contribution in [1.29, 1.82) is 0 Å². The lowest BCUT2D eigenvalue weighted by Gasteiger charge is -2.25. The number of hydrogen-bond acceptors (Lipinski definition) is 2. The number of halogens is 1. The highest BCUT2D eigenvalue weighted by Gasteiger charge is 2.21. The predicted molar refractivity (Wildman–Crippen MR) is 132 cm³/mol. The lowest BCUT2D eigenvalue weighted by molar-refractivity contribution is -0.148. The predicted octanol–water partition coefficient (Wildman–Crippen LogP) is 9.24. The number of unbranched alkanes of at least 4 members (excludes halogenated alkanes) is 10.